The van der Waals surface area contributed by atoms with E-state index in [1.807, 2.05) is 6.07 Å². The molecule has 0 atom stereocenters. The molecule has 1 aromatic heterocycles. The summed E-state index contributed by atoms with van der Waals surface area (Å²) in [6.45, 7) is 4.39. The molecule has 3 heteroatoms. The number of aromatic nitrogens is 1. The molecule has 0 spiro atoms. The van der Waals surface area contributed by atoms with E-state index in [2.05, 4.69) is 36.8 Å². The van der Waals surface area contributed by atoms with Crippen LogP contribution in [0.4, 0.5) is 5.69 Å². The highest BCUT2D eigenvalue weighted by Crippen LogP contribution is 2.36. The molecule has 0 N–H and O–H groups in total. The van der Waals surface area contributed by atoms with Crippen molar-refractivity contribution in [1.82, 2.24) is 4.98 Å². The third-order valence-corrected chi connectivity index (χ3v) is 2.97. The van der Waals surface area contributed by atoms with Gasteiger partial charge in [-0.05, 0) is 31.9 Å². The van der Waals surface area contributed by atoms with Crippen molar-refractivity contribution in [2.45, 2.75) is 25.8 Å². The van der Waals surface area contributed by atoms with Gasteiger partial charge < -0.3 is 4.90 Å². The van der Waals surface area contributed by atoms with Crippen LogP contribution in [-0.4, -0.2) is 17.6 Å². The van der Waals surface area contributed by atoms with Crippen LogP contribution in [0, 0.1) is 11.3 Å². The summed E-state index contributed by atoms with van der Waals surface area (Å²) in [5, 5.41) is 8.74. The molecule has 2 heterocycles. The van der Waals surface area contributed by atoms with Crippen LogP contribution >= 0.6 is 0 Å². The molecule has 0 aromatic carbocycles. The Labute approximate surface area is 84.0 Å². The maximum absolute atomic E-state index is 8.74. The average Bonchev–Trinajstić information content (AvgIpc) is 2.37. The summed E-state index contributed by atoms with van der Waals surface area (Å²) in [4.78, 5) is 6.30. The Morgan fingerprint density at radius 1 is 1.57 bits per heavy atom. The van der Waals surface area contributed by atoms with Gasteiger partial charge in [0, 0.05) is 12.6 Å². The van der Waals surface area contributed by atoms with Crippen molar-refractivity contribution in [3.8, 4) is 6.07 Å². The molecular weight excluding hydrogens is 174 g/mol. The fourth-order valence-corrected chi connectivity index (χ4v) is 1.91. The molecule has 0 aliphatic carbocycles. The number of nitrogens with zero attached hydrogens (tertiary/aromatic N) is 3. The number of fused-ring (bicyclic) bond motifs is 1. The third kappa shape index (κ3) is 1.15. The number of likely N-dealkylation sites (N-methyl/N-ethyl adjacent to an activating group) is 1. The molecule has 1 aliphatic rings. The first-order valence-corrected chi connectivity index (χ1v) is 4.67. The summed E-state index contributed by atoms with van der Waals surface area (Å²) in [5.74, 6) is 0. The summed E-state index contributed by atoms with van der Waals surface area (Å²) in [6, 6.07) is 3.96. The van der Waals surface area contributed by atoms with Crippen LogP contribution in [0.25, 0.3) is 0 Å². The Morgan fingerprint density at radius 3 is 2.93 bits per heavy atom. The monoisotopic (exact) mass is 187 g/mol. The van der Waals surface area contributed by atoms with Gasteiger partial charge in [-0.25, -0.2) is 4.98 Å². The van der Waals surface area contributed by atoms with Crippen LogP contribution in [0.5, 0.6) is 0 Å². The van der Waals surface area contributed by atoms with Gasteiger partial charge in [0.15, 0.2) is 0 Å². The van der Waals surface area contributed by atoms with Crippen LogP contribution in [0.1, 0.15) is 25.1 Å². The predicted molar refractivity (Wildman–Crippen MR) is 55.1 cm³/mol. The summed E-state index contributed by atoms with van der Waals surface area (Å²) in [6.07, 6.45) is 2.78. The highest BCUT2D eigenvalue weighted by Gasteiger charge is 2.33. The molecule has 0 saturated heterocycles. The van der Waals surface area contributed by atoms with Crippen LogP contribution in [0.15, 0.2) is 12.3 Å². The van der Waals surface area contributed by atoms with Gasteiger partial charge in [0.05, 0.1) is 11.9 Å². The van der Waals surface area contributed by atoms with Crippen molar-refractivity contribution in [2.24, 2.45) is 0 Å². The molecule has 0 radical (unpaired) electrons. The average molecular weight is 187 g/mol. The molecule has 0 bridgehead atoms. The van der Waals surface area contributed by atoms with E-state index in [0.717, 1.165) is 12.1 Å². The zero-order valence-corrected chi connectivity index (χ0v) is 8.70. The second kappa shape index (κ2) is 2.71. The molecular formula is C11H13N3. The number of anilines is 1. The van der Waals surface area contributed by atoms with Crippen LogP contribution in [0.2, 0.25) is 0 Å². The van der Waals surface area contributed by atoms with E-state index in [1.54, 1.807) is 6.20 Å². The van der Waals surface area contributed by atoms with Gasteiger partial charge in [0.2, 0.25) is 0 Å². The summed E-state index contributed by atoms with van der Waals surface area (Å²) in [7, 11) is 2.07. The lowest BCUT2D eigenvalue weighted by atomic mass is 10.00. The maximum Gasteiger partial charge on any atom is 0.140 e. The molecule has 0 amide bonds. The quantitative estimate of drug-likeness (QED) is 0.621. The second-order valence-electron chi connectivity index (χ2n) is 4.36. The zero-order chi connectivity index (χ0) is 10.3. The SMILES string of the molecule is CN1c2cnc(C#N)cc2CC1(C)C. The van der Waals surface area contributed by atoms with Crippen molar-refractivity contribution in [3.05, 3.63) is 23.5 Å². The van der Waals surface area contributed by atoms with Crippen molar-refractivity contribution < 1.29 is 0 Å². The van der Waals surface area contributed by atoms with Crippen molar-refractivity contribution >= 4 is 5.69 Å². The number of hydrogen-bond acceptors (Lipinski definition) is 3. The first-order valence-electron chi connectivity index (χ1n) is 4.67. The minimum absolute atomic E-state index is 0.137. The first kappa shape index (κ1) is 9.01. The lowest BCUT2D eigenvalue weighted by Crippen LogP contribution is -2.37. The van der Waals surface area contributed by atoms with Crippen molar-refractivity contribution in [1.29, 1.82) is 5.26 Å². The van der Waals surface area contributed by atoms with E-state index in [0.29, 0.717) is 5.69 Å². The van der Waals surface area contributed by atoms with Crippen molar-refractivity contribution in [3.63, 3.8) is 0 Å². The largest absolute Gasteiger partial charge is 0.368 e. The molecule has 1 aliphatic heterocycles. The number of nitriles is 1. The van der Waals surface area contributed by atoms with Gasteiger partial charge in [-0.15, -0.1) is 0 Å². The number of pyridine rings is 1. The zero-order valence-electron chi connectivity index (χ0n) is 8.70. The van der Waals surface area contributed by atoms with E-state index in [1.165, 1.54) is 5.56 Å². The Balaban J connectivity index is 2.50. The molecule has 0 fully saturated rings. The molecule has 14 heavy (non-hydrogen) atoms. The summed E-state index contributed by atoms with van der Waals surface area (Å²) < 4.78 is 0. The molecule has 2 rings (SSSR count). The normalized spacial score (nSPS) is 17.7. The Kier molecular flexibility index (Phi) is 1.75. The van der Waals surface area contributed by atoms with Gasteiger partial charge in [-0.2, -0.15) is 5.26 Å². The fourth-order valence-electron chi connectivity index (χ4n) is 1.91. The molecule has 1 aromatic rings. The smallest absolute Gasteiger partial charge is 0.140 e. The molecule has 0 saturated carbocycles. The highest BCUT2D eigenvalue weighted by molar-refractivity contribution is 5.60. The second-order valence-corrected chi connectivity index (χ2v) is 4.36. The van der Waals surface area contributed by atoms with E-state index in [-0.39, 0.29) is 5.54 Å². The van der Waals surface area contributed by atoms with Crippen LogP contribution < -0.4 is 4.90 Å². The third-order valence-electron chi connectivity index (χ3n) is 2.97. The van der Waals surface area contributed by atoms with Crippen LogP contribution in [-0.2, 0) is 6.42 Å². The Morgan fingerprint density at radius 2 is 2.29 bits per heavy atom. The van der Waals surface area contributed by atoms with Gasteiger partial charge in [0.25, 0.3) is 0 Å². The van der Waals surface area contributed by atoms with Gasteiger partial charge in [-0.1, -0.05) is 0 Å². The summed E-state index contributed by atoms with van der Waals surface area (Å²) >= 11 is 0. The Hall–Kier alpha value is -1.56. The maximum atomic E-state index is 8.74. The lowest BCUT2D eigenvalue weighted by Gasteiger charge is -2.29. The number of hydrogen-bond donors (Lipinski definition) is 0. The number of rotatable bonds is 0. The minimum atomic E-state index is 0.137. The van der Waals surface area contributed by atoms with Gasteiger partial charge in [-0.3, -0.25) is 0 Å². The first-order chi connectivity index (χ1) is 6.54. The minimum Gasteiger partial charge on any atom is -0.368 e. The lowest BCUT2D eigenvalue weighted by molar-refractivity contribution is 0.516. The molecule has 72 valence electrons. The molecule has 3 nitrogen and oxygen atoms in total. The van der Waals surface area contributed by atoms with E-state index in [4.69, 9.17) is 5.26 Å². The van der Waals surface area contributed by atoms with Crippen molar-refractivity contribution in [2.75, 3.05) is 11.9 Å². The Bertz CT molecular complexity index is 415. The van der Waals surface area contributed by atoms with Crippen LogP contribution in [0.3, 0.4) is 0 Å². The topological polar surface area (TPSA) is 39.9 Å². The molecule has 0 unspecified atom stereocenters. The van der Waals surface area contributed by atoms with E-state index >= 15 is 0 Å². The fraction of sp³-hybridized carbons (Fsp3) is 0.455. The summed E-state index contributed by atoms with van der Waals surface area (Å²) in [5.41, 5.74) is 3.02. The van der Waals surface area contributed by atoms with Gasteiger partial charge in [0.1, 0.15) is 11.8 Å². The standard InChI is InChI=1S/C11H13N3/c1-11(2)5-8-4-9(6-12)13-7-10(8)14(11)3/h4,7H,5H2,1-3H3. The van der Waals surface area contributed by atoms with E-state index < -0.39 is 0 Å². The van der Waals surface area contributed by atoms with E-state index in [9.17, 15) is 0 Å². The predicted octanol–water partition coefficient (Wildman–Crippen LogP) is 1.72. The van der Waals surface area contributed by atoms with Gasteiger partial charge >= 0.3 is 0 Å². The highest BCUT2D eigenvalue weighted by atomic mass is 15.2.